The molecule has 0 aliphatic carbocycles. The van der Waals surface area contributed by atoms with Crippen molar-refractivity contribution in [1.82, 2.24) is 4.90 Å². The number of fused-ring (bicyclic) bond motifs is 2. The van der Waals surface area contributed by atoms with Crippen LogP contribution in [0.4, 0.5) is 0 Å². The van der Waals surface area contributed by atoms with E-state index in [2.05, 4.69) is 43.0 Å². The van der Waals surface area contributed by atoms with Gasteiger partial charge in [-0.15, -0.1) is 0 Å². The molecule has 2 heteroatoms. The van der Waals surface area contributed by atoms with Crippen LogP contribution in [-0.4, -0.2) is 24.0 Å². The Balaban J connectivity index is 1.87. The number of benzene rings is 1. The summed E-state index contributed by atoms with van der Waals surface area (Å²) >= 11 is 0. The van der Waals surface area contributed by atoms with Crippen molar-refractivity contribution >= 4 is 0 Å². The first-order valence-electron chi connectivity index (χ1n) is 5.68. The number of ether oxygens (including phenoxy) is 1. The molecule has 3 rings (SSSR count). The van der Waals surface area contributed by atoms with Crippen LogP contribution < -0.4 is 0 Å². The number of rotatable bonds is 1. The molecule has 1 fully saturated rings. The first-order valence-corrected chi connectivity index (χ1v) is 5.68. The van der Waals surface area contributed by atoms with Gasteiger partial charge in [0.2, 0.25) is 0 Å². The second kappa shape index (κ2) is 3.06. The van der Waals surface area contributed by atoms with Crippen LogP contribution >= 0.6 is 0 Å². The van der Waals surface area contributed by atoms with Gasteiger partial charge in [0, 0.05) is 19.1 Å². The summed E-state index contributed by atoms with van der Waals surface area (Å²) in [6.07, 6.45) is 0. The highest BCUT2D eigenvalue weighted by Crippen LogP contribution is 2.43. The molecule has 2 aliphatic heterocycles. The highest BCUT2D eigenvalue weighted by Gasteiger charge is 2.50. The van der Waals surface area contributed by atoms with Gasteiger partial charge in [0.05, 0.1) is 6.61 Å². The van der Waals surface area contributed by atoms with E-state index in [9.17, 15) is 0 Å². The van der Waals surface area contributed by atoms with Crippen LogP contribution in [0.15, 0.2) is 24.3 Å². The lowest BCUT2D eigenvalue weighted by atomic mass is 9.84. The van der Waals surface area contributed by atoms with Crippen molar-refractivity contribution in [3.8, 4) is 0 Å². The van der Waals surface area contributed by atoms with Gasteiger partial charge in [-0.2, -0.15) is 0 Å². The van der Waals surface area contributed by atoms with E-state index in [4.69, 9.17) is 4.74 Å². The van der Waals surface area contributed by atoms with Gasteiger partial charge in [-0.3, -0.25) is 4.90 Å². The molecule has 0 unspecified atom stereocenters. The van der Waals surface area contributed by atoms with E-state index in [1.807, 2.05) is 0 Å². The molecule has 1 spiro atoms. The van der Waals surface area contributed by atoms with Gasteiger partial charge in [0.25, 0.3) is 0 Å². The molecule has 0 radical (unpaired) electrons. The summed E-state index contributed by atoms with van der Waals surface area (Å²) in [5.74, 6) is 0. The third-order valence-electron chi connectivity index (χ3n) is 3.66. The van der Waals surface area contributed by atoms with Gasteiger partial charge < -0.3 is 4.74 Å². The van der Waals surface area contributed by atoms with E-state index in [0.29, 0.717) is 6.04 Å². The molecule has 80 valence electrons. The van der Waals surface area contributed by atoms with Crippen molar-refractivity contribution in [3.05, 3.63) is 35.4 Å². The molecule has 0 saturated carbocycles. The highest BCUT2D eigenvalue weighted by atomic mass is 16.5. The Morgan fingerprint density at radius 3 is 2.73 bits per heavy atom. The lowest BCUT2D eigenvalue weighted by Crippen LogP contribution is -2.61. The zero-order valence-corrected chi connectivity index (χ0v) is 9.36. The maximum absolute atomic E-state index is 5.99. The van der Waals surface area contributed by atoms with Crippen molar-refractivity contribution in [2.75, 3.05) is 13.1 Å². The molecule has 2 nitrogen and oxygen atoms in total. The minimum atomic E-state index is 0.0286. The molecule has 2 heterocycles. The Bertz CT molecular complexity index is 380. The Morgan fingerprint density at radius 1 is 1.27 bits per heavy atom. The average Bonchev–Trinajstić information content (AvgIpc) is 2.54. The predicted octanol–water partition coefficient (Wildman–Crippen LogP) is 2.14. The van der Waals surface area contributed by atoms with Crippen LogP contribution in [0.3, 0.4) is 0 Å². The standard InChI is InChI=1S/C13H17NO/c1-10(2)14-8-13(9-14)12-6-4-3-5-11(12)7-15-13/h3-6,10H,7-9H2,1-2H3. The first-order chi connectivity index (χ1) is 7.21. The lowest BCUT2D eigenvalue weighted by molar-refractivity contribution is -0.151. The fraction of sp³-hybridized carbons (Fsp3) is 0.538. The minimum absolute atomic E-state index is 0.0286. The highest BCUT2D eigenvalue weighted by molar-refractivity contribution is 5.38. The number of likely N-dealkylation sites (tertiary alicyclic amines) is 1. The molecule has 2 aliphatic rings. The van der Waals surface area contributed by atoms with Crippen LogP contribution in [0, 0.1) is 0 Å². The summed E-state index contributed by atoms with van der Waals surface area (Å²) in [7, 11) is 0. The summed E-state index contributed by atoms with van der Waals surface area (Å²) in [6.45, 7) is 7.40. The predicted molar refractivity (Wildman–Crippen MR) is 59.6 cm³/mol. The molecule has 0 bridgehead atoms. The molecule has 1 aromatic rings. The second-order valence-corrected chi connectivity index (χ2v) is 4.94. The van der Waals surface area contributed by atoms with Gasteiger partial charge in [-0.25, -0.2) is 0 Å². The van der Waals surface area contributed by atoms with E-state index >= 15 is 0 Å². The van der Waals surface area contributed by atoms with Gasteiger partial charge in [-0.1, -0.05) is 24.3 Å². The second-order valence-electron chi connectivity index (χ2n) is 4.94. The van der Waals surface area contributed by atoms with Crippen molar-refractivity contribution in [3.63, 3.8) is 0 Å². The van der Waals surface area contributed by atoms with Gasteiger partial charge >= 0.3 is 0 Å². The van der Waals surface area contributed by atoms with Gasteiger partial charge in [-0.05, 0) is 25.0 Å². The maximum Gasteiger partial charge on any atom is 0.119 e. The monoisotopic (exact) mass is 203 g/mol. The Hall–Kier alpha value is -0.860. The molecule has 1 saturated heterocycles. The third kappa shape index (κ3) is 1.25. The normalized spacial score (nSPS) is 23.1. The van der Waals surface area contributed by atoms with Crippen molar-refractivity contribution in [1.29, 1.82) is 0 Å². The molecule has 0 aromatic heterocycles. The molecule has 0 atom stereocenters. The fourth-order valence-electron chi connectivity index (χ4n) is 2.62. The zero-order chi connectivity index (χ0) is 10.5. The van der Waals surface area contributed by atoms with E-state index in [-0.39, 0.29) is 5.60 Å². The largest absolute Gasteiger partial charge is 0.363 e. The van der Waals surface area contributed by atoms with Crippen molar-refractivity contribution in [2.24, 2.45) is 0 Å². The SMILES string of the molecule is CC(C)N1CC2(C1)OCc1ccccc12. The molecule has 1 aromatic carbocycles. The maximum atomic E-state index is 5.99. The number of hydrogen-bond acceptors (Lipinski definition) is 2. The Labute approximate surface area is 90.8 Å². The van der Waals surface area contributed by atoms with E-state index in [1.54, 1.807) is 0 Å². The van der Waals surface area contributed by atoms with Crippen LogP contribution in [0.1, 0.15) is 25.0 Å². The van der Waals surface area contributed by atoms with Crippen LogP contribution in [-0.2, 0) is 16.9 Å². The van der Waals surface area contributed by atoms with Crippen LogP contribution in [0.25, 0.3) is 0 Å². The first kappa shape index (κ1) is 9.37. The Morgan fingerprint density at radius 2 is 2.00 bits per heavy atom. The average molecular weight is 203 g/mol. The van der Waals surface area contributed by atoms with Crippen LogP contribution in [0.5, 0.6) is 0 Å². The summed E-state index contributed by atoms with van der Waals surface area (Å²) in [6, 6.07) is 9.25. The summed E-state index contributed by atoms with van der Waals surface area (Å²) in [5.41, 5.74) is 2.82. The van der Waals surface area contributed by atoms with Crippen LogP contribution in [0.2, 0.25) is 0 Å². The van der Waals surface area contributed by atoms with E-state index < -0.39 is 0 Å². The lowest BCUT2D eigenvalue weighted by Gasteiger charge is -2.49. The number of hydrogen-bond donors (Lipinski definition) is 0. The third-order valence-corrected chi connectivity index (χ3v) is 3.66. The van der Waals surface area contributed by atoms with Gasteiger partial charge in [0.15, 0.2) is 0 Å². The smallest absolute Gasteiger partial charge is 0.119 e. The summed E-state index contributed by atoms with van der Waals surface area (Å²) in [4.78, 5) is 2.46. The molecule has 15 heavy (non-hydrogen) atoms. The topological polar surface area (TPSA) is 12.5 Å². The minimum Gasteiger partial charge on any atom is -0.363 e. The zero-order valence-electron chi connectivity index (χ0n) is 9.36. The van der Waals surface area contributed by atoms with Gasteiger partial charge in [0.1, 0.15) is 5.60 Å². The molecular formula is C13H17NO. The van der Waals surface area contributed by atoms with E-state index in [0.717, 1.165) is 19.7 Å². The quantitative estimate of drug-likeness (QED) is 0.693. The summed E-state index contributed by atoms with van der Waals surface area (Å²) in [5, 5.41) is 0. The van der Waals surface area contributed by atoms with E-state index in [1.165, 1.54) is 11.1 Å². The molecule has 0 N–H and O–H groups in total. The summed E-state index contributed by atoms with van der Waals surface area (Å²) < 4.78 is 5.99. The number of nitrogens with zero attached hydrogens (tertiary/aromatic N) is 1. The van der Waals surface area contributed by atoms with Crippen molar-refractivity contribution in [2.45, 2.75) is 32.1 Å². The fourth-order valence-corrected chi connectivity index (χ4v) is 2.62. The molecule has 0 amide bonds. The Kier molecular flexibility index (Phi) is 1.91. The van der Waals surface area contributed by atoms with Crippen molar-refractivity contribution < 1.29 is 4.74 Å². The molecular weight excluding hydrogens is 186 g/mol.